The van der Waals surface area contributed by atoms with Crippen LogP contribution in [0.3, 0.4) is 0 Å². The summed E-state index contributed by atoms with van der Waals surface area (Å²) in [5, 5.41) is 2.95. The summed E-state index contributed by atoms with van der Waals surface area (Å²) >= 11 is 4.59. The van der Waals surface area contributed by atoms with Gasteiger partial charge in [0.15, 0.2) is 9.84 Å². The maximum Gasteiger partial charge on any atom is 0.242 e. The summed E-state index contributed by atoms with van der Waals surface area (Å²) in [6.45, 7) is 0.580. The zero-order valence-electron chi connectivity index (χ0n) is 10.7. The first-order valence-electron chi connectivity index (χ1n) is 5.89. The molecule has 2 N–H and O–H groups in total. The predicted molar refractivity (Wildman–Crippen MR) is 82.2 cm³/mol. The van der Waals surface area contributed by atoms with Gasteiger partial charge < -0.3 is 5.32 Å². The second kappa shape index (κ2) is 6.01. The Labute approximate surface area is 131 Å². The maximum absolute atomic E-state index is 12.3. The van der Waals surface area contributed by atoms with E-state index in [9.17, 15) is 16.8 Å². The van der Waals surface area contributed by atoms with E-state index in [0.717, 1.165) is 4.88 Å². The Balaban J connectivity index is 2.18. The highest BCUT2D eigenvalue weighted by molar-refractivity contribution is 9.11. The van der Waals surface area contributed by atoms with Crippen LogP contribution in [0.5, 0.6) is 0 Å². The average molecular weight is 403 g/mol. The summed E-state index contributed by atoms with van der Waals surface area (Å²) < 4.78 is 50.3. The number of hydrogen-bond acceptors (Lipinski definition) is 6. The van der Waals surface area contributed by atoms with Gasteiger partial charge in [0, 0.05) is 17.5 Å². The van der Waals surface area contributed by atoms with Gasteiger partial charge in [0.1, 0.15) is 4.90 Å². The lowest BCUT2D eigenvalue weighted by molar-refractivity contribution is 0.562. The third-order valence-electron chi connectivity index (χ3n) is 2.90. The largest absolute Gasteiger partial charge is 0.315 e. The topological polar surface area (TPSA) is 92.3 Å². The summed E-state index contributed by atoms with van der Waals surface area (Å²) in [6.07, 6.45) is 0.326. The Morgan fingerprint density at radius 3 is 2.75 bits per heavy atom. The third kappa shape index (κ3) is 3.80. The van der Waals surface area contributed by atoms with Crippen LogP contribution in [0.15, 0.2) is 14.7 Å². The van der Waals surface area contributed by atoms with Crippen molar-refractivity contribution in [3.8, 4) is 0 Å². The van der Waals surface area contributed by atoms with E-state index in [2.05, 4.69) is 26.0 Å². The Hall–Kier alpha value is -0.000000000000000194. The Kier molecular flexibility index (Phi) is 4.92. The van der Waals surface area contributed by atoms with Crippen molar-refractivity contribution in [2.75, 3.05) is 18.6 Å². The third-order valence-corrected chi connectivity index (χ3v) is 8.44. The summed E-state index contributed by atoms with van der Waals surface area (Å²) in [7, 11) is -5.03. The fourth-order valence-corrected chi connectivity index (χ4v) is 7.76. The van der Waals surface area contributed by atoms with Crippen molar-refractivity contribution >= 4 is 47.1 Å². The van der Waals surface area contributed by atoms with Gasteiger partial charge in [-0.1, -0.05) is 0 Å². The molecular weight excluding hydrogens is 388 g/mol. The molecule has 20 heavy (non-hydrogen) atoms. The van der Waals surface area contributed by atoms with E-state index < -0.39 is 25.9 Å². The van der Waals surface area contributed by atoms with Crippen LogP contribution in [0.1, 0.15) is 11.3 Å². The van der Waals surface area contributed by atoms with Crippen molar-refractivity contribution < 1.29 is 16.8 Å². The molecule has 0 aliphatic carbocycles. The van der Waals surface area contributed by atoms with Crippen molar-refractivity contribution in [3.63, 3.8) is 0 Å². The highest BCUT2D eigenvalue weighted by atomic mass is 79.9. The van der Waals surface area contributed by atoms with Gasteiger partial charge in [-0.15, -0.1) is 11.3 Å². The number of nitrogens with one attached hydrogen (secondary N) is 2. The van der Waals surface area contributed by atoms with E-state index in [4.69, 9.17) is 0 Å². The molecule has 0 spiro atoms. The minimum absolute atomic E-state index is 0.0377. The zero-order valence-corrected chi connectivity index (χ0v) is 14.8. The number of halogens is 1. The van der Waals surface area contributed by atoms with Crippen molar-refractivity contribution in [2.24, 2.45) is 0 Å². The molecule has 1 fully saturated rings. The van der Waals surface area contributed by atoms with E-state index in [0.29, 0.717) is 16.8 Å². The first kappa shape index (κ1) is 16.4. The van der Waals surface area contributed by atoms with Gasteiger partial charge in [0.05, 0.1) is 15.3 Å². The summed E-state index contributed by atoms with van der Waals surface area (Å²) in [5.41, 5.74) is 0. The molecule has 1 aromatic heterocycles. The molecule has 2 heterocycles. The molecule has 0 saturated carbocycles. The number of hydrogen-bond donors (Lipinski definition) is 2. The van der Waals surface area contributed by atoms with E-state index >= 15 is 0 Å². The Bertz CT molecular complexity index is 696. The van der Waals surface area contributed by atoms with Crippen molar-refractivity contribution in [1.29, 1.82) is 0 Å². The lowest BCUT2D eigenvalue weighted by atomic mass is 10.3. The van der Waals surface area contributed by atoms with Crippen molar-refractivity contribution in [1.82, 2.24) is 10.0 Å². The highest BCUT2D eigenvalue weighted by Gasteiger charge is 2.32. The summed E-state index contributed by atoms with van der Waals surface area (Å²) in [5.74, 6) is -0.0899. The van der Waals surface area contributed by atoms with Crippen molar-refractivity contribution in [3.05, 3.63) is 14.7 Å². The van der Waals surface area contributed by atoms with Crippen LogP contribution in [0.25, 0.3) is 0 Å². The molecule has 0 radical (unpaired) electrons. The van der Waals surface area contributed by atoms with Crippen LogP contribution in [0.4, 0.5) is 0 Å². The SMILES string of the molecule is CNCc1cc(S(=O)(=O)NC2CCS(=O)(=O)C2)c(Br)s1. The number of rotatable bonds is 5. The minimum atomic E-state index is -3.70. The molecule has 0 bridgehead atoms. The molecule has 1 aliphatic rings. The fraction of sp³-hybridized carbons (Fsp3) is 0.600. The zero-order chi connectivity index (χ0) is 15.0. The van der Waals surface area contributed by atoms with E-state index in [1.54, 1.807) is 13.1 Å². The van der Waals surface area contributed by atoms with Crippen LogP contribution in [0.2, 0.25) is 0 Å². The lowest BCUT2D eigenvalue weighted by Gasteiger charge is -2.10. The second-order valence-corrected chi connectivity index (χ2v) is 11.0. The Morgan fingerprint density at radius 1 is 1.50 bits per heavy atom. The van der Waals surface area contributed by atoms with E-state index in [1.165, 1.54) is 11.3 Å². The van der Waals surface area contributed by atoms with E-state index in [1.807, 2.05) is 0 Å². The summed E-state index contributed by atoms with van der Waals surface area (Å²) in [4.78, 5) is 1.05. The van der Waals surface area contributed by atoms with Gasteiger partial charge in [-0.2, -0.15) is 0 Å². The van der Waals surface area contributed by atoms with Gasteiger partial charge in [0.25, 0.3) is 0 Å². The first-order chi connectivity index (χ1) is 9.23. The van der Waals surface area contributed by atoms with Gasteiger partial charge in [-0.3, -0.25) is 0 Å². The molecule has 10 heteroatoms. The standard InChI is InChI=1S/C10H15BrN2O4S3/c1-12-5-8-4-9(10(11)18-8)20(16,17)13-7-2-3-19(14,15)6-7/h4,7,12-13H,2-3,5-6H2,1H3. The monoisotopic (exact) mass is 402 g/mol. The van der Waals surface area contributed by atoms with Gasteiger partial charge >= 0.3 is 0 Å². The minimum Gasteiger partial charge on any atom is -0.315 e. The normalized spacial score (nSPS) is 22.2. The van der Waals surface area contributed by atoms with Crippen LogP contribution in [-0.2, 0) is 26.4 Å². The number of sulfone groups is 1. The highest BCUT2D eigenvalue weighted by Crippen LogP contribution is 2.32. The average Bonchev–Trinajstić information content (AvgIpc) is 2.82. The smallest absolute Gasteiger partial charge is 0.242 e. The number of sulfonamides is 1. The lowest BCUT2D eigenvalue weighted by Crippen LogP contribution is -2.35. The van der Waals surface area contributed by atoms with Gasteiger partial charge in [-0.25, -0.2) is 21.6 Å². The number of thiophene rings is 1. The van der Waals surface area contributed by atoms with Crippen LogP contribution in [-0.4, -0.2) is 41.4 Å². The van der Waals surface area contributed by atoms with Crippen LogP contribution < -0.4 is 10.0 Å². The molecule has 0 aromatic carbocycles. The van der Waals surface area contributed by atoms with E-state index in [-0.39, 0.29) is 16.4 Å². The van der Waals surface area contributed by atoms with Crippen LogP contribution >= 0.6 is 27.3 Å². The quantitative estimate of drug-likeness (QED) is 0.755. The molecule has 1 saturated heterocycles. The molecule has 0 amide bonds. The molecule has 1 aliphatic heterocycles. The summed E-state index contributed by atoms with van der Waals surface area (Å²) in [6, 6.07) is 1.06. The second-order valence-electron chi connectivity index (χ2n) is 4.60. The van der Waals surface area contributed by atoms with Crippen LogP contribution in [0, 0.1) is 0 Å². The maximum atomic E-state index is 12.3. The molecular formula is C10H15BrN2O4S3. The molecule has 1 aromatic rings. The Morgan fingerprint density at radius 2 is 2.20 bits per heavy atom. The first-order valence-corrected chi connectivity index (χ1v) is 10.8. The van der Waals surface area contributed by atoms with Crippen molar-refractivity contribution in [2.45, 2.75) is 23.9 Å². The fourth-order valence-electron chi connectivity index (χ4n) is 2.01. The molecule has 114 valence electrons. The van der Waals surface area contributed by atoms with Gasteiger partial charge in [0.2, 0.25) is 10.0 Å². The molecule has 2 rings (SSSR count). The van der Waals surface area contributed by atoms with Gasteiger partial charge in [-0.05, 0) is 35.5 Å². The molecule has 6 nitrogen and oxygen atoms in total. The predicted octanol–water partition coefficient (Wildman–Crippen LogP) is 0.695. The molecule has 1 unspecified atom stereocenters. The molecule has 1 atom stereocenters.